The highest BCUT2D eigenvalue weighted by Gasteiger charge is 2.43. The van der Waals surface area contributed by atoms with Crippen molar-refractivity contribution in [2.45, 2.75) is 36.0 Å². The third kappa shape index (κ3) is 6.21. The molecule has 0 amide bonds. The van der Waals surface area contributed by atoms with E-state index in [4.69, 9.17) is 4.99 Å². The first-order valence-electron chi connectivity index (χ1n) is 9.98. The van der Waals surface area contributed by atoms with Gasteiger partial charge in [-0.1, -0.05) is 18.2 Å². The highest BCUT2D eigenvalue weighted by molar-refractivity contribution is 14.0. The first kappa shape index (κ1) is 22.6. The van der Waals surface area contributed by atoms with Crippen molar-refractivity contribution in [1.82, 2.24) is 25.4 Å². The third-order valence-electron chi connectivity index (χ3n) is 4.78. The Bertz CT molecular complexity index is 941. The summed E-state index contributed by atoms with van der Waals surface area (Å²) < 4.78 is 2.04. The zero-order valence-electron chi connectivity index (χ0n) is 17.0. The Kier molecular flexibility index (Phi) is 8.15. The molecule has 0 aliphatic heterocycles. The van der Waals surface area contributed by atoms with Gasteiger partial charge in [-0.15, -0.1) is 35.7 Å². The van der Waals surface area contributed by atoms with E-state index in [9.17, 15) is 0 Å². The molecule has 1 fully saturated rings. The number of nitrogens with zero attached hydrogens (tertiary/aromatic N) is 4. The Morgan fingerprint density at radius 3 is 2.67 bits per heavy atom. The monoisotopic (exact) mass is 534 g/mol. The second kappa shape index (κ2) is 10.8. The molecule has 2 N–H and O–H groups in total. The van der Waals surface area contributed by atoms with Gasteiger partial charge in [0, 0.05) is 41.3 Å². The van der Waals surface area contributed by atoms with E-state index in [0.717, 1.165) is 30.4 Å². The van der Waals surface area contributed by atoms with Crippen molar-refractivity contribution in [3.8, 4) is 5.82 Å². The van der Waals surface area contributed by atoms with Gasteiger partial charge in [-0.05, 0) is 55.7 Å². The van der Waals surface area contributed by atoms with E-state index in [1.807, 2.05) is 36.2 Å². The SMILES string of the molecule is CCNC(=NCc1ccnc(-n2cccn2)c1)NCC1(Sc2ccccc2)CC1.I. The van der Waals surface area contributed by atoms with Gasteiger partial charge in [0.05, 0.1) is 6.54 Å². The van der Waals surface area contributed by atoms with Crippen molar-refractivity contribution in [2.24, 2.45) is 4.99 Å². The van der Waals surface area contributed by atoms with E-state index in [0.29, 0.717) is 6.54 Å². The van der Waals surface area contributed by atoms with Crippen LogP contribution in [0.3, 0.4) is 0 Å². The minimum absolute atomic E-state index is 0. The van der Waals surface area contributed by atoms with E-state index in [2.05, 4.69) is 58.0 Å². The Morgan fingerprint density at radius 1 is 1.13 bits per heavy atom. The lowest BCUT2D eigenvalue weighted by Crippen LogP contribution is -2.41. The molecular weight excluding hydrogens is 507 g/mol. The molecule has 0 atom stereocenters. The lowest BCUT2D eigenvalue weighted by molar-refractivity contribution is 0.768. The number of guanidine groups is 1. The van der Waals surface area contributed by atoms with Crippen LogP contribution in [0.15, 0.2) is 77.0 Å². The molecule has 1 saturated carbocycles. The maximum absolute atomic E-state index is 4.77. The summed E-state index contributed by atoms with van der Waals surface area (Å²) in [4.78, 5) is 10.5. The topological polar surface area (TPSA) is 67.1 Å². The number of hydrogen-bond acceptors (Lipinski definition) is 4. The van der Waals surface area contributed by atoms with Crippen LogP contribution in [-0.2, 0) is 6.54 Å². The van der Waals surface area contributed by atoms with Crippen molar-refractivity contribution in [1.29, 1.82) is 0 Å². The lowest BCUT2D eigenvalue weighted by Gasteiger charge is -2.18. The largest absolute Gasteiger partial charge is 0.357 e. The summed E-state index contributed by atoms with van der Waals surface area (Å²) in [6.07, 6.45) is 7.91. The molecule has 6 nitrogen and oxygen atoms in total. The number of aliphatic imine (C=N–C) groups is 1. The van der Waals surface area contributed by atoms with Crippen LogP contribution in [0.4, 0.5) is 0 Å². The van der Waals surface area contributed by atoms with E-state index < -0.39 is 0 Å². The molecule has 30 heavy (non-hydrogen) atoms. The van der Waals surface area contributed by atoms with Gasteiger partial charge in [0.2, 0.25) is 0 Å². The summed E-state index contributed by atoms with van der Waals surface area (Å²) in [5.74, 6) is 1.65. The first-order valence-corrected chi connectivity index (χ1v) is 10.8. The molecule has 2 heterocycles. The van der Waals surface area contributed by atoms with Crippen molar-refractivity contribution < 1.29 is 0 Å². The molecule has 158 valence electrons. The molecule has 3 aromatic rings. The highest BCUT2D eigenvalue weighted by Crippen LogP contribution is 2.51. The van der Waals surface area contributed by atoms with E-state index >= 15 is 0 Å². The van der Waals surface area contributed by atoms with Crippen LogP contribution in [-0.4, -0.2) is 38.6 Å². The molecule has 1 aliphatic rings. The Hall–Kier alpha value is -2.07. The minimum Gasteiger partial charge on any atom is -0.357 e. The van der Waals surface area contributed by atoms with E-state index in [-0.39, 0.29) is 28.7 Å². The lowest BCUT2D eigenvalue weighted by atomic mass is 10.2. The van der Waals surface area contributed by atoms with Gasteiger partial charge in [0.15, 0.2) is 11.8 Å². The molecular formula is C22H27IN6S. The molecule has 1 aromatic carbocycles. The maximum Gasteiger partial charge on any atom is 0.191 e. The summed E-state index contributed by atoms with van der Waals surface area (Å²) in [5.41, 5.74) is 1.10. The molecule has 1 aliphatic carbocycles. The molecule has 0 unspecified atom stereocenters. The second-order valence-electron chi connectivity index (χ2n) is 7.12. The number of thioether (sulfide) groups is 1. The predicted molar refractivity (Wildman–Crippen MR) is 134 cm³/mol. The summed E-state index contributed by atoms with van der Waals surface area (Å²) in [5, 5.41) is 11.1. The van der Waals surface area contributed by atoms with Crippen LogP contribution < -0.4 is 10.6 Å². The van der Waals surface area contributed by atoms with Gasteiger partial charge in [-0.25, -0.2) is 14.7 Å². The van der Waals surface area contributed by atoms with Crippen LogP contribution in [0.1, 0.15) is 25.3 Å². The van der Waals surface area contributed by atoms with E-state index in [1.165, 1.54) is 17.7 Å². The smallest absolute Gasteiger partial charge is 0.191 e. The van der Waals surface area contributed by atoms with Gasteiger partial charge in [0.25, 0.3) is 0 Å². The predicted octanol–water partition coefficient (Wildman–Crippen LogP) is 4.27. The first-order chi connectivity index (χ1) is 14.3. The van der Waals surface area contributed by atoms with Crippen molar-refractivity contribution in [3.05, 3.63) is 72.7 Å². The summed E-state index contributed by atoms with van der Waals surface area (Å²) in [6, 6.07) is 16.5. The Labute approximate surface area is 199 Å². The fourth-order valence-corrected chi connectivity index (χ4v) is 4.28. The molecule has 4 rings (SSSR count). The van der Waals surface area contributed by atoms with Crippen LogP contribution in [0.25, 0.3) is 5.82 Å². The summed E-state index contributed by atoms with van der Waals surface area (Å²) >= 11 is 1.97. The van der Waals surface area contributed by atoms with Crippen LogP contribution >= 0.6 is 35.7 Å². The van der Waals surface area contributed by atoms with Gasteiger partial charge < -0.3 is 10.6 Å². The fraction of sp³-hybridized carbons (Fsp3) is 0.318. The number of nitrogens with one attached hydrogen (secondary N) is 2. The molecule has 0 radical (unpaired) electrons. The van der Waals surface area contributed by atoms with Gasteiger partial charge in [-0.3, -0.25) is 0 Å². The third-order valence-corrected chi connectivity index (χ3v) is 6.27. The quantitative estimate of drug-likeness (QED) is 0.257. The highest BCUT2D eigenvalue weighted by atomic mass is 127. The Balaban J connectivity index is 0.00000256. The number of pyridine rings is 1. The molecule has 0 spiro atoms. The number of halogens is 1. The zero-order valence-corrected chi connectivity index (χ0v) is 20.1. The molecule has 0 saturated heterocycles. The minimum atomic E-state index is 0. The van der Waals surface area contributed by atoms with Crippen LogP contribution in [0, 0.1) is 0 Å². The second-order valence-corrected chi connectivity index (χ2v) is 8.66. The van der Waals surface area contributed by atoms with Crippen molar-refractivity contribution >= 4 is 41.7 Å². The molecule has 0 bridgehead atoms. The van der Waals surface area contributed by atoms with Gasteiger partial charge >= 0.3 is 0 Å². The fourth-order valence-electron chi connectivity index (χ4n) is 3.04. The average molecular weight is 534 g/mol. The Morgan fingerprint density at radius 2 is 1.97 bits per heavy atom. The van der Waals surface area contributed by atoms with Crippen molar-refractivity contribution in [2.75, 3.05) is 13.1 Å². The number of rotatable bonds is 8. The summed E-state index contributed by atoms with van der Waals surface area (Å²) in [6.45, 7) is 4.42. The van der Waals surface area contributed by atoms with Crippen molar-refractivity contribution in [3.63, 3.8) is 0 Å². The molecule has 8 heteroatoms. The van der Waals surface area contributed by atoms with Crippen LogP contribution in [0.5, 0.6) is 0 Å². The summed E-state index contributed by atoms with van der Waals surface area (Å²) in [7, 11) is 0. The number of benzene rings is 1. The maximum atomic E-state index is 4.77. The van der Waals surface area contributed by atoms with Crippen LogP contribution in [0.2, 0.25) is 0 Å². The van der Waals surface area contributed by atoms with Gasteiger partial charge in [0.1, 0.15) is 0 Å². The van der Waals surface area contributed by atoms with Gasteiger partial charge in [-0.2, -0.15) is 5.10 Å². The number of hydrogen-bond donors (Lipinski definition) is 2. The number of aromatic nitrogens is 3. The normalized spacial score (nSPS) is 14.6. The zero-order chi connectivity index (χ0) is 19.9. The van der Waals surface area contributed by atoms with E-state index in [1.54, 1.807) is 17.1 Å². The standard InChI is InChI=1S/C22H26N6S.HI/c1-2-23-21(26-17-22(10-11-22)29-19-7-4-3-5-8-19)25-16-18-9-13-24-20(15-18)28-14-6-12-27-28;/h3-9,12-15H,2,10-11,16-17H2,1H3,(H2,23,25,26);1H. The molecule has 2 aromatic heterocycles. The average Bonchev–Trinajstić information content (AvgIpc) is 3.29.